The molecule has 2 fully saturated rings. The van der Waals surface area contributed by atoms with Gasteiger partial charge in [-0.05, 0) is 73.8 Å². The Kier molecular flexibility index (Phi) is 8.78. The summed E-state index contributed by atoms with van der Waals surface area (Å²) in [6, 6.07) is 13.8. The number of hydrogen-bond donors (Lipinski definition) is 3. The highest BCUT2D eigenvalue weighted by molar-refractivity contribution is 5.79. The highest BCUT2D eigenvalue weighted by Gasteiger charge is 2.44. The molecular formula is C29H39FN2O4. The van der Waals surface area contributed by atoms with E-state index in [9.17, 15) is 19.4 Å². The van der Waals surface area contributed by atoms with Gasteiger partial charge in [-0.25, -0.2) is 4.39 Å². The van der Waals surface area contributed by atoms with E-state index in [1.165, 1.54) is 12.1 Å². The van der Waals surface area contributed by atoms with Gasteiger partial charge in [0.15, 0.2) is 0 Å². The van der Waals surface area contributed by atoms with E-state index < -0.39 is 11.7 Å². The van der Waals surface area contributed by atoms with E-state index in [0.717, 1.165) is 42.4 Å². The predicted molar refractivity (Wildman–Crippen MR) is 137 cm³/mol. The first-order valence-corrected chi connectivity index (χ1v) is 13.1. The van der Waals surface area contributed by atoms with E-state index in [4.69, 9.17) is 10.5 Å². The fraction of sp³-hybridized carbons (Fsp3) is 0.552. The maximum absolute atomic E-state index is 13.6. The summed E-state index contributed by atoms with van der Waals surface area (Å²) >= 11 is 0. The fourth-order valence-electron chi connectivity index (χ4n) is 6.02. The number of ether oxygens (including phenoxy) is 1. The summed E-state index contributed by atoms with van der Waals surface area (Å²) in [6.45, 7) is 1.73. The first-order chi connectivity index (χ1) is 17.3. The third-order valence-corrected chi connectivity index (χ3v) is 8.04. The highest BCUT2D eigenvalue weighted by atomic mass is 19.1. The van der Waals surface area contributed by atoms with E-state index >= 15 is 0 Å². The minimum absolute atomic E-state index is 0.0280. The van der Waals surface area contributed by atoms with Crippen molar-refractivity contribution < 1.29 is 24.1 Å². The third kappa shape index (κ3) is 5.80. The van der Waals surface area contributed by atoms with Gasteiger partial charge in [-0.15, -0.1) is 0 Å². The van der Waals surface area contributed by atoms with Gasteiger partial charge in [-0.2, -0.15) is 0 Å². The Hall–Kier alpha value is -2.32. The van der Waals surface area contributed by atoms with Crippen molar-refractivity contribution >= 4 is 5.91 Å². The average Bonchev–Trinajstić information content (AvgIpc) is 3.24. The Labute approximate surface area is 213 Å². The number of nitrogens with zero attached hydrogens (tertiary/aromatic N) is 1. The van der Waals surface area contributed by atoms with Gasteiger partial charge in [-0.1, -0.05) is 36.4 Å². The highest BCUT2D eigenvalue weighted by Crippen LogP contribution is 2.44. The van der Waals surface area contributed by atoms with Crippen molar-refractivity contribution in [1.29, 1.82) is 0 Å². The quantitative estimate of drug-likeness (QED) is 0.457. The number of benzene rings is 2. The molecule has 4 rings (SSSR count). The molecule has 1 saturated heterocycles. The molecule has 36 heavy (non-hydrogen) atoms. The molecular weight excluding hydrogens is 459 g/mol. The summed E-state index contributed by atoms with van der Waals surface area (Å²) in [5, 5.41) is 22.5. The summed E-state index contributed by atoms with van der Waals surface area (Å²) in [5.41, 5.74) is 7.35. The van der Waals surface area contributed by atoms with Crippen LogP contribution in [-0.4, -0.2) is 60.0 Å². The van der Waals surface area contributed by atoms with Gasteiger partial charge in [0, 0.05) is 44.7 Å². The van der Waals surface area contributed by atoms with Crippen LogP contribution in [0.2, 0.25) is 0 Å². The Balaban J connectivity index is 1.63. The summed E-state index contributed by atoms with van der Waals surface area (Å²) in [7, 11) is 1.67. The van der Waals surface area contributed by atoms with E-state index in [1.54, 1.807) is 19.2 Å². The molecule has 6 nitrogen and oxygen atoms in total. The Morgan fingerprint density at radius 3 is 2.61 bits per heavy atom. The molecule has 0 spiro atoms. The van der Waals surface area contributed by atoms with Crippen LogP contribution in [-0.2, 0) is 15.1 Å². The molecule has 1 amide bonds. The molecule has 196 valence electrons. The summed E-state index contributed by atoms with van der Waals surface area (Å²) < 4.78 is 18.9. The van der Waals surface area contributed by atoms with Crippen LogP contribution in [0.1, 0.15) is 50.5 Å². The second-order valence-electron chi connectivity index (χ2n) is 10.4. The summed E-state index contributed by atoms with van der Waals surface area (Å²) in [6.07, 6.45) is 3.99. The molecule has 1 aliphatic heterocycles. The maximum atomic E-state index is 13.6. The SMILES string of the molecule is COCCCC[C@@](O)(c1ccccc1-c1ccc(F)cc1)[C@@H]1CCCN(C(=O)[C@H]2C[C@@H](N)[C@@H](O)C2)C1. The van der Waals surface area contributed by atoms with Crippen molar-refractivity contribution in [3.63, 3.8) is 0 Å². The van der Waals surface area contributed by atoms with Crippen LogP contribution < -0.4 is 5.73 Å². The van der Waals surface area contributed by atoms with E-state index in [0.29, 0.717) is 39.0 Å². The zero-order valence-electron chi connectivity index (χ0n) is 21.1. The number of likely N-dealkylation sites (tertiary alicyclic amines) is 1. The zero-order valence-corrected chi connectivity index (χ0v) is 21.1. The number of amides is 1. The largest absolute Gasteiger partial charge is 0.391 e. The maximum Gasteiger partial charge on any atom is 0.225 e. The van der Waals surface area contributed by atoms with Crippen molar-refractivity contribution in [2.45, 2.75) is 62.7 Å². The molecule has 1 heterocycles. The van der Waals surface area contributed by atoms with Crippen LogP contribution in [0.25, 0.3) is 11.1 Å². The molecule has 4 N–H and O–H groups in total. The van der Waals surface area contributed by atoms with Crippen molar-refractivity contribution in [3.05, 3.63) is 59.9 Å². The number of aliphatic hydroxyl groups is 2. The number of hydrogen-bond acceptors (Lipinski definition) is 5. The lowest BCUT2D eigenvalue weighted by Crippen LogP contribution is -2.49. The van der Waals surface area contributed by atoms with Gasteiger partial charge >= 0.3 is 0 Å². The van der Waals surface area contributed by atoms with Crippen LogP contribution in [0.5, 0.6) is 0 Å². The third-order valence-electron chi connectivity index (χ3n) is 8.04. The number of carbonyl (C=O) groups excluding carboxylic acids is 1. The number of nitrogens with two attached hydrogens (primary N) is 1. The van der Waals surface area contributed by atoms with Gasteiger partial charge in [0.1, 0.15) is 5.82 Å². The number of unbranched alkanes of at least 4 members (excludes halogenated alkanes) is 1. The fourth-order valence-corrected chi connectivity index (χ4v) is 6.02. The molecule has 2 aromatic rings. The smallest absolute Gasteiger partial charge is 0.225 e. The number of aliphatic hydroxyl groups excluding tert-OH is 1. The van der Waals surface area contributed by atoms with E-state index in [1.807, 2.05) is 29.2 Å². The van der Waals surface area contributed by atoms with E-state index in [2.05, 4.69) is 0 Å². The van der Waals surface area contributed by atoms with Crippen LogP contribution >= 0.6 is 0 Å². The monoisotopic (exact) mass is 498 g/mol. The molecule has 7 heteroatoms. The zero-order chi connectivity index (χ0) is 25.7. The number of piperidine rings is 1. The lowest BCUT2D eigenvalue weighted by Gasteiger charge is -2.44. The van der Waals surface area contributed by atoms with Crippen molar-refractivity contribution in [2.24, 2.45) is 17.6 Å². The first kappa shape index (κ1) is 26.7. The molecule has 0 aromatic heterocycles. The molecule has 5 atom stereocenters. The van der Waals surface area contributed by atoms with Crippen molar-refractivity contribution in [1.82, 2.24) is 4.90 Å². The van der Waals surface area contributed by atoms with Crippen molar-refractivity contribution in [3.8, 4) is 11.1 Å². The molecule has 1 aliphatic carbocycles. The summed E-state index contributed by atoms with van der Waals surface area (Å²) in [5.74, 6) is -0.695. The van der Waals surface area contributed by atoms with Gasteiger partial charge in [0.05, 0.1) is 11.7 Å². The van der Waals surface area contributed by atoms with Gasteiger partial charge in [0.2, 0.25) is 5.91 Å². The first-order valence-electron chi connectivity index (χ1n) is 13.1. The predicted octanol–water partition coefficient (Wildman–Crippen LogP) is 3.83. The topological polar surface area (TPSA) is 96.0 Å². The minimum Gasteiger partial charge on any atom is -0.391 e. The Morgan fingerprint density at radius 1 is 1.17 bits per heavy atom. The number of rotatable bonds is 9. The van der Waals surface area contributed by atoms with Crippen LogP contribution in [0.15, 0.2) is 48.5 Å². The van der Waals surface area contributed by atoms with Gasteiger partial charge in [-0.3, -0.25) is 4.79 Å². The number of halogens is 1. The van der Waals surface area contributed by atoms with Gasteiger partial charge in [0.25, 0.3) is 0 Å². The molecule has 0 bridgehead atoms. The lowest BCUT2D eigenvalue weighted by atomic mass is 9.72. The standard InChI is InChI=1S/C29H39FN2O4/c1-36-16-5-4-14-29(35,25-9-3-2-8-24(25)20-10-12-23(30)13-11-20)22-7-6-15-32(19-22)28(34)21-17-26(31)27(33)18-21/h2-3,8-13,21-22,26-27,33,35H,4-7,14-19,31H2,1H3/t21-,22+,26+,27-,29-/m0/s1. The number of methoxy groups -OCH3 is 1. The lowest BCUT2D eigenvalue weighted by molar-refractivity contribution is -0.141. The molecule has 1 saturated carbocycles. The Bertz CT molecular complexity index is 1010. The van der Waals surface area contributed by atoms with E-state index in [-0.39, 0.29) is 29.6 Å². The summed E-state index contributed by atoms with van der Waals surface area (Å²) in [4.78, 5) is 15.2. The van der Waals surface area contributed by atoms with Crippen LogP contribution in [0.4, 0.5) is 4.39 Å². The van der Waals surface area contributed by atoms with Crippen molar-refractivity contribution in [2.75, 3.05) is 26.8 Å². The molecule has 2 aliphatic rings. The molecule has 0 radical (unpaired) electrons. The second-order valence-corrected chi connectivity index (χ2v) is 10.4. The average molecular weight is 499 g/mol. The van der Waals surface area contributed by atoms with Gasteiger partial charge < -0.3 is 25.6 Å². The second kappa shape index (κ2) is 11.8. The molecule has 2 aromatic carbocycles. The van der Waals surface area contributed by atoms with Crippen LogP contribution in [0.3, 0.4) is 0 Å². The normalized spacial score (nSPS) is 26.1. The Morgan fingerprint density at radius 2 is 1.92 bits per heavy atom. The minimum atomic E-state index is -1.16. The van der Waals surface area contributed by atoms with Crippen LogP contribution in [0, 0.1) is 17.7 Å². The molecule has 0 unspecified atom stereocenters. The number of carbonyl (C=O) groups is 1.